The Morgan fingerprint density at radius 1 is 1.35 bits per heavy atom. The summed E-state index contributed by atoms with van der Waals surface area (Å²) in [5, 5.41) is 0. The molecule has 2 N–H and O–H groups in total. The smallest absolute Gasteiger partial charge is 0.227 e. The van der Waals surface area contributed by atoms with Gasteiger partial charge in [-0.2, -0.15) is 0 Å². The second kappa shape index (κ2) is 7.29. The number of rotatable bonds is 7. The van der Waals surface area contributed by atoms with Crippen LogP contribution in [0.4, 0.5) is 5.69 Å². The number of carbonyl (C=O) groups excluding carboxylic acids is 1. The molecule has 0 atom stereocenters. The van der Waals surface area contributed by atoms with Gasteiger partial charge in [-0.3, -0.25) is 4.79 Å². The topological polar surface area (TPSA) is 55.6 Å². The molecule has 0 aliphatic heterocycles. The molecular formula is C16H24N2O2. The molecule has 0 radical (unpaired) electrons. The van der Waals surface area contributed by atoms with Crippen LogP contribution in [0.25, 0.3) is 0 Å². The number of carbonyl (C=O) groups is 1. The molecule has 110 valence electrons. The predicted molar refractivity (Wildman–Crippen MR) is 81.0 cm³/mol. The molecular weight excluding hydrogens is 252 g/mol. The Morgan fingerprint density at radius 2 is 2.05 bits per heavy atom. The molecule has 1 aromatic rings. The van der Waals surface area contributed by atoms with E-state index >= 15 is 0 Å². The summed E-state index contributed by atoms with van der Waals surface area (Å²) in [4.78, 5) is 14.3. The van der Waals surface area contributed by atoms with Gasteiger partial charge < -0.3 is 15.4 Å². The van der Waals surface area contributed by atoms with Crippen LogP contribution in [0.1, 0.15) is 32.1 Å². The van der Waals surface area contributed by atoms with Crippen LogP contribution in [0.3, 0.4) is 0 Å². The first-order chi connectivity index (χ1) is 9.74. The number of anilines is 1. The molecule has 1 aliphatic carbocycles. The molecule has 1 aliphatic rings. The van der Waals surface area contributed by atoms with Crippen LogP contribution < -0.4 is 15.4 Å². The first-order valence-electron chi connectivity index (χ1n) is 7.39. The van der Waals surface area contributed by atoms with Crippen molar-refractivity contribution in [3.05, 3.63) is 24.3 Å². The van der Waals surface area contributed by atoms with Crippen molar-refractivity contribution in [1.82, 2.24) is 0 Å². The molecule has 0 bridgehead atoms. The zero-order valence-electron chi connectivity index (χ0n) is 12.2. The quantitative estimate of drug-likeness (QED) is 0.832. The van der Waals surface area contributed by atoms with E-state index in [4.69, 9.17) is 10.5 Å². The van der Waals surface area contributed by atoms with E-state index in [1.807, 2.05) is 29.2 Å². The zero-order chi connectivity index (χ0) is 14.4. The third kappa shape index (κ3) is 3.73. The number of methoxy groups -OCH3 is 1. The maximum atomic E-state index is 12.5. The normalized spacial score (nSPS) is 14.7. The van der Waals surface area contributed by atoms with E-state index in [1.165, 1.54) is 19.3 Å². The number of nitrogens with zero attached hydrogens (tertiary/aromatic N) is 1. The molecule has 1 saturated carbocycles. The van der Waals surface area contributed by atoms with Crippen LogP contribution in [-0.2, 0) is 4.79 Å². The highest BCUT2D eigenvalue weighted by Gasteiger charge is 2.24. The van der Waals surface area contributed by atoms with Crippen molar-refractivity contribution in [1.29, 1.82) is 0 Å². The number of ether oxygens (including phenoxy) is 1. The van der Waals surface area contributed by atoms with Gasteiger partial charge in [-0.25, -0.2) is 0 Å². The van der Waals surface area contributed by atoms with E-state index < -0.39 is 0 Å². The molecule has 0 saturated heterocycles. The molecule has 0 unspecified atom stereocenters. The number of nitrogens with two attached hydrogens (primary N) is 1. The Labute approximate surface area is 120 Å². The second-order valence-corrected chi connectivity index (χ2v) is 5.39. The summed E-state index contributed by atoms with van der Waals surface area (Å²) in [6.07, 6.45) is 5.14. The monoisotopic (exact) mass is 276 g/mol. The molecule has 0 spiro atoms. The Bertz CT molecular complexity index is 427. The number of hydrogen-bond donors (Lipinski definition) is 1. The lowest BCUT2D eigenvalue weighted by Crippen LogP contribution is -2.35. The Balaban J connectivity index is 2.05. The van der Waals surface area contributed by atoms with Crippen molar-refractivity contribution >= 4 is 11.6 Å². The SMILES string of the molecule is COc1ccc(N(CCCN)C(=O)CC2CCC2)cc1. The van der Waals surface area contributed by atoms with Gasteiger partial charge in [-0.05, 0) is 56.0 Å². The molecule has 1 aromatic carbocycles. The van der Waals surface area contributed by atoms with Gasteiger partial charge in [0.1, 0.15) is 5.75 Å². The lowest BCUT2D eigenvalue weighted by Gasteiger charge is -2.29. The molecule has 4 heteroatoms. The molecule has 0 heterocycles. The van der Waals surface area contributed by atoms with Crippen molar-refractivity contribution in [3.8, 4) is 5.75 Å². The van der Waals surface area contributed by atoms with Crippen molar-refractivity contribution in [3.63, 3.8) is 0 Å². The number of benzene rings is 1. The highest BCUT2D eigenvalue weighted by atomic mass is 16.5. The highest BCUT2D eigenvalue weighted by molar-refractivity contribution is 5.93. The maximum absolute atomic E-state index is 12.5. The Morgan fingerprint density at radius 3 is 2.55 bits per heavy atom. The van der Waals surface area contributed by atoms with Gasteiger partial charge in [0.15, 0.2) is 0 Å². The molecule has 0 aromatic heterocycles. The van der Waals surface area contributed by atoms with Crippen LogP contribution in [0.15, 0.2) is 24.3 Å². The Kier molecular flexibility index (Phi) is 5.41. The fourth-order valence-electron chi connectivity index (χ4n) is 2.46. The summed E-state index contributed by atoms with van der Waals surface area (Å²) in [6, 6.07) is 7.66. The van der Waals surface area contributed by atoms with Gasteiger partial charge in [0, 0.05) is 18.7 Å². The van der Waals surface area contributed by atoms with Crippen LogP contribution in [0.5, 0.6) is 5.75 Å². The summed E-state index contributed by atoms with van der Waals surface area (Å²) in [6.45, 7) is 1.29. The summed E-state index contributed by atoms with van der Waals surface area (Å²) in [5.41, 5.74) is 6.52. The van der Waals surface area contributed by atoms with Gasteiger partial charge in [0.05, 0.1) is 7.11 Å². The maximum Gasteiger partial charge on any atom is 0.227 e. The van der Waals surface area contributed by atoms with Crippen molar-refractivity contribution in [2.45, 2.75) is 32.1 Å². The van der Waals surface area contributed by atoms with Crippen molar-refractivity contribution in [2.75, 3.05) is 25.1 Å². The van der Waals surface area contributed by atoms with Gasteiger partial charge in [0.2, 0.25) is 5.91 Å². The van der Waals surface area contributed by atoms with E-state index in [0.29, 0.717) is 25.4 Å². The fraction of sp³-hybridized carbons (Fsp3) is 0.562. The molecule has 1 fully saturated rings. The van der Waals surface area contributed by atoms with Gasteiger partial charge in [-0.15, -0.1) is 0 Å². The third-order valence-electron chi connectivity index (χ3n) is 3.96. The van der Waals surface area contributed by atoms with E-state index in [-0.39, 0.29) is 5.91 Å². The molecule has 20 heavy (non-hydrogen) atoms. The van der Waals surface area contributed by atoms with Gasteiger partial charge in [-0.1, -0.05) is 6.42 Å². The van der Waals surface area contributed by atoms with E-state index in [9.17, 15) is 4.79 Å². The van der Waals surface area contributed by atoms with Crippen LogP contribution in [0.2, 0.25) is 0 Å². The van der Waals surface area contributed by atoms with E-state index in [2.05, 4.69) is 0 Å². The lowest BCUT2D eigenvalue weighted by atomic mass is 9.82. The molecule has 4 nitrogen and oxygen atoms in total. The summed E-state index contributed by atoms with van der Waals surface area (Å²) >= 11 is 0. The standard InChI is InChI=1S/C16H24N2O2/c1-20-15-8-6-14(7-9-15)18(11-3-10-17)16(19)12-13-4-2-5-13/h6-9,13H,2-5,10-12,17H2,1H3. The summed E-state index contributed by atoms with van der Waals surface area (Å²) in [7, 11) is 1.64. The van der Waals surface area contributed by atoms with Gasteiger partial charge in [0.25, 0.3) is 0 Å². The van der Waals surface area contributed by atoms with E-state index in [0.717, 1.165) is 17.9 Å². The summed E-state index contributed by atoms with van der Waals surface area (Å²) < 4.78 is 5.16. The molecule has 2 rings (SSSR count). The minimum atomic E-state index is 0.216. The predicted octanol–water partition coefficient (Wildman–Crippen LogP) is 2.57. The highest BCUT2D eigenvalue weighted by Crippen LogP contribution is 2.31. The minimum Gasteiger partial charge on any atom is -0.497 e. The van der Waals surface area contributed by atoms with Crippen LogP contribution >= 0.6 is 0 Å². The average Bonchev–Trinajstić information content (AvgIpc) is 2.44. The Hall–Kier alpha value is -1.55. The van der Waals surface area contributed by atoms with Crippen LogP contribution in [-0.4, -0.2) is 26.1 Å². The van der Waals surface area contributed by atoms with E-state index in [1.54, 1.807) is 7.11 Å². The average molecular weight is 276 g/mol. The minimum absolute atomic E-state index is 0.216. The zero-order valence-corrected chi connectivity index (χ0v) is 12.2. The van der Waals surface area contributed by atoms with Crippen molar-refractivity contribution in [2.24, 2.45) is 11.7 Å². The largest absolute Gasteiger partial charge is 0.497 e. The number of hydrogen-bond acceptors (Lipinski definition) is 3. The fourth-order valence-corrected chi connectivity index (χ4v) is 2.46. The first kappa shape index (κ1) is 14.9. The van der Waals surface area contributed by atoms with Gasteiger partial charge >= 0.3 is 0 Å². The summed E-state index contributed by atoms with van der Waals surface area (Å²) in [5.74, 6) is 1.61. The molecule has 1 amide bonds. The second-order valence-electron chi connectivity index (χ2n) is 5.39. The number of amides is 1. The first-order valence-corrected chi connectivity index (χ1v) is 7.39. The van der Waals surface area contributed by atoms with Crippen molar-refractivity contribution < 1.29 is 9.53 Å². The lowest BCUT2D eigenvalue weighted by molar-refractivity contribution is -0.120. The third-order valence-corrected chi connectivity index (χ3v) is 3.96. The van der Waals surface area contributed by atoms with Crippen LogP contribution in [0, 0.1) is 5.92 Å².